The topological polar surface area (TPSA) is 62.8 Å². The van der Waals surface area contributed by atoms with Crippen LogP contribution in [0.25, 0.3) is 0 Å². The predicted molar refractivity (Wildman–Crippen MR) is 111 cm³/mol. The number of piperidine rings is 1. The minimum Gasteiger partial charge on any atom is -0.491 e. The summed E-state index contributed by atoms with van der Waals surface area (Å²) in [5.74, 6) is 0.758. The zero-order chi connectivity index (χ0) is 19.6. The number of urea groups is 1. The number of rotatable bonds is 8. The van der Waals surface area contributed by atoms with Crippen LogP contribution in [0.15, 0.2) is 54.6 Å². The molecule has 2 amide bonds. The van der Waals surface area contributed by atoms with Gasteiger partial charge in [-0.15, -0.1) is 0 Å². The van der Waals surface area contributed by atoms with Crippen molar-refractivity contribution in [1.29, 1.82) is 0 Å². The Labute approximate surface area is 166 Å². The number of ether oxygens (including phenoxy) is 2. The molecule has 0 spiro atoms. The molecule has 1 aliphatic rings. The van der Waals surface area contributed by atoms with E-state index in [4.69, 9.17) is 9.47 Å². The monoisotopic (exact) mass is 383 g/mol. The molecule has 0 radical (unpaired) electrons. The van der Waals surface area contributed by atoms with E-state index in [1.807, 2.05) is 30.3 Å². The lowest BCUT2D eigenvalue weighted by atomic mass is 10.0. The lowest BCUT2D eigenvalue weighted by molar-refractivity contribution is 0.146. The fraction of sp³-hybridized carbons (Fsp3) is 0.409. The van der Waals surface area contributed by atoms with Gasteiger partial charge in [0.25, 0.3) is 0 Å². The molecule has 1 heterocycles. The van der Waals surface area contributed by atoms with Crippen LogP contribution in [0.4, 0.5) is 10.5 Å². The second-order valence-electron chi connectivity index (χ2n) is 7.00. The Morgan fingerprint density at radius 2 is 1.75 bits per heavy atom. The van der Waals surface area contributed by atoms with Crippen LogP contribution in [-0.4, -0.2) is 50.4 Å². The lowest BCUT2D eigenvalue weighted by Gasteiger charge is -2.32. The largest absolute Gasteiger partial charge is 0.491 e. The highest BCUT2D eigenvalue weighted by molar-refractivity contribution is 5.89. The quantitative estimate of drug-likeness (QED) is 0.685. The number of amides is 2. The van der Waals surface area contributed by atoms with E-state index in [1.54, 1.807) is 7.11 Å². The van der Waals surface area contributed by atoms with Crippen molar-refractivity contribution in [1.82, 2.24) is 10.2 Å². The minimum absolute atomic E-state index is 0.158. The fourth-order valence-corrected chi connectivity index (χ4v) is 3.31. The molecule has 0 saturated carbocycles. The third kappa shape index (κ3) is 6.55. The Kier molecular flexibility index (Phi) is 7.70. The highest BCUT2D eigenvalue weighted by Crippen LogP contribution is 2.17. The Bertz CT molecular complexity index is 714. The molecule has 6 nitrogen and oxygen atoms in total. The maximum absolute atomic E-state index is 12.3. The summed E-state index contributed by atoms with van der Waals surface area (Å²) < 4.78 is 10.5. The molecule has 3 rings (SSSR count). The third-order valence-corrected chi connectivity index (χ3v) is 4.84. The summed E-state index contributed by atoms with van der Waals surface area (Å²) in [4.78, 5) is 14.7. The molecular formula is C22H29N3O3. The van der Waals surface area contributed by atoms with Crippen LogP contribution >= 0.6 is 0 Å². The van der Waals surface area contributed by atoms with E-state index in [9.17, 15) is 4.79 Å². The van der Waals surface area contributed by atoms with E-state index < -0.39 is 0 Å². The average molecular weight is 383 g/mol. The third-order valence-electron chi connectivity index (χ3n) is 4.84. The Morgan fingerprint density at radius 1 is 1.04 bits per heavy atom. The average Bonchev–Trinajstić information content (AvgIpc) is 2.72. The molecule has 2 aromatic rings. The second kappa shape index (κ2) is 10.7. The first-order chi connectivity index (χ1) is 13.7. The highest BCUT2D eigenvalue weighted by Gasteiger charge is 2.20. The van der Waals surface area contributed by atoms with Gasteiger partial charge in [-0.05, 0) is 42.7 Å². The van der Waals surface area contributed by atoms with Gasteiger partial charge in [0.2, 0.25) is 0 Å². The van der Waals surface area contributed by atoms with Crippen molar-refractivity contribution in [3.63, 3.8) is 0 Å². The number of hydrogen-bond acceptors (Lipinski definition) is 4. The number of carbonyl (C=O) groups is 1. The van der Waals surface area contributed by atoms with Crippen LogP contribution in [0.5, 0.6) is 5.75 Å². The molecule has 2 N–H and O–H groups in total. The minimum atomic E-state index is -0.158. The number of nitrogens with zero attached hydrogens (tertiary/aromatic N) is 1. The summed E-state index contributed by atoms with van der Waals surface area (Å²) in [6, 6.07) is 17.9. The van der Waals surface area contributed by atoms with Gasteiger partial charge >= 0.3 is 6.03 Å². The van der Waals surface area contributed by atoms with Gasteiger partial charge in [0.1, 0.15) is 12.4 Å². The molecule has 2 aromatic carbocycles. The van der Waals surface area contributed by atoms with E-state index in [0.29, 0.717) is 13.2 Å². The summed E-state index contributed by atoms with van der Waals surface area (Å²) in [6.07, 6.45) is 1.93. The van der Waals surface area contributed by atoms with Gasteiger partial charge in [-0.3, -0.25) is 4.90 Å². The molecule has 6 heteroatoms. The predicted octanol–water partition coefficient (Wildman–Crippen LogP) is 3.50. The first-order valence-electron chi connectivity index (χ1n) is 9.78. The Morgan fingerprint density at radius 3 is 2.43 bits per heavy atom. The smallest absolute Gasteiger partial charge is 0.319 e. The molecule has 1 fully saturated rings. The van der Waals surface area contributed by atoms with Gasteiger partial charge in [0.05, 0.1) is 6.61 Å². The van der Waals surface area contributed by atoms with Gasteiger partial charge in [-0.2, -0.15) is 0 Å². The van der Waals surface area contributed by atoms with Crippen LogP contribution in [0.1, 0.15) is 18.4 Å². The van der Waals surface area contributed by atoms with Crippen molar-refractivity contribution in [3.05, 3.63) is 60.2 Å². The first kappa shape index (κ1) is 20.2. The zero-order valence-electron chi connectivity index (χ0n) is 16.4. The highest BCUT2D eigenvalue weighted by atomic mass is 16.5. The van der Waals surface area contributed by atoms with Gasteiger partial charge in [-0.1, -0.05) is 30.3 Å². The van der Waals surface area contributed by atoms with Crippen molar-refractivity contribution in [2.75, 3.05) is 38.7 Å². The molecule has 1 aliphatic heterocycles. The zero-order valence-corrected chi connectivity index (χ0v) is 16.4. The summed E-state index contributed by atoms with van der Waals surface area (Å²) in [5.41, 5.74) is 2.08. The number of methoxy groups -OCH3 is 1. The van der Waals surface area contributed by atoms with Crippen molar-refractivity contribution < 1.29 is 14.3 Å². The number of carbonyl (C=O) groups excluding carboxylic acids is 1. The van der Waals surface area contributed by atoms with E-state index in [0.717, 1.165) is 43.9 Å². The molecule has 150 valence electrons. The van der Waals surface area contributed by atoms with Crippen molar-refractivity contribution in [2.24, 2.45) is 0 Å². The van der Waals surface area contributed by atoms with Gasteiger partial charge in [-0.25, -0.2) is 4.79 Å². The molecule has 0 unspecified atom stereocenters. The lowest BCUT2D eigenvalue weighted by Crippen LogP contribution is -2.45. The summed E-state index contributed by atoms with van der Waals surface area (Å²) in [6.45, 7) is 4.01. The van der Waals surface area contributed by atoms with Crippen LogP contribution in [0, 0.1) is 0 Å². The van der Waals surface area contributed by atoms with Crippen molar-refractivity contribution in [3.8, 4) is 5.75 Å². The van der Waals surface area contributed by atoms with E-state index >= 15 is 0 Å². The molecular weight excluding hydrogens is 354 g/mol. The summed E-state index contributed by atoms with van der Waals surface area (Å²) >= 11 is 0. The molecule has 0 aromatic heterocycles. The molecule has 28 heavy (non-hydrogen) atoms. The number of benzene rings is 2. The van der Waals surface area contributed by atoms with Crippen LogP contribution < -0.4 is 15.4 Å². The number of likely N-dealkylation sites (tertiary alicyclic amines) is 1. The Hall–Kier alpha value is -2.57. The molecule has 0 bridgehead atoms. The molecule has 0 atom stereocenters. The summed E-state index contributed by atoms with van der Waals surface area (Å²) in [5, 5.41) is 5.97. The van der Waals surface area contributed by atoms with E-state index in [1.165, 1.54) is 5.56 Å². The maximum atomic E-state index is 12.3. The van der Waals surface area contributed by atoms with Gasteiger partial charge in [0.15, 0.2) is 0 Å². The van der Waals surface area contributed by atoms with E-state index in [2.05, 4.69) is 39.8 Å². The first-order valence-corrected chi connectivity index (χ1v) is 9.78. The van der Waals surface area contributed by atoms with Crippen LogP contribution in [-0.2, 0) is 11.3 Å². The SMILES string of the molecule is COCCOc1ccc(NC(=O)NC2CCN(Cc3ccccc3)CC2)cc1. The van der Waals surface area contributed by atoms with Gasteiger partial charge < -0.3 is 20.1 Å². The van der Waals surface area contributed by atoms with Gasteiger partial charge in [0, 0.05) is 38.5 Å². The number of anilines is 1. The summed E-state index contributed by atoms with van der Waals surface area (Å²) in [7, 11) is 1.64. The molecule has 1 saturated heterocycles. The second-order valence-corrected chi connectivity index (χ2v) is 7.00. The van der Waals surface area contributed by atoms with Crippen molar-refractivity contribution >= 4 is 11.7 Å². The van der Waals surface area contributed by atoms with Crippen LogP contribution in [0.3, 0.4) is 0 Å². The van der Waals surface area contributed by atoms with Crippen LogP contribution in [0.2, 0.25) is 0 Å². The standard InChI is InChI=1S/C22H29N3O3/c1-27-15-16-28-21-9-7-19(8-10-21)23-22(26)24-20-11-13-25(14-12-20)17-18-5-3-2-4-6-18/h2-10,20H,11-17H2,1H3,(H2,23,24,26). The Balaban J connectivity index is 1.37. The fourth-order valence-electron chi connectivity index (χ4n) is 3.31. The number of nitrogens with one attached hydrogen (secondary N) is 2. The normalized spacial score (nSPS) is 15.2. The maximum Gasteiger partial charge on any atom is 0.319 e. The van der Waals surface area contributed by atoms with E-state index in [-0.39, 0.29) is 12.1 Å². The van der Waals surface area contributed by atoms with Crippen molar-refractivity contribution in [2.45, 2.75) is 25.4 Å². The molecule has 0 aliphatic carbocycles. The number of hydrogen-bond donors (Lipinski definition) is 2.